The highest BCUT2D eigenvalue weighted by Crippen LogP contribution is 2.07. The Labute approximate surface area is 78.0 Å². The fourth-order valence-corrected chi connectivity index (χ4v) is 0.852. The van der Waals surface area contributed by atoms with E-state index >= 15 is 0 Å². The van der Waals surface area contributed by atoms with Gasteiger partial charge in [-0.1, -0.05) is 12.1 Å². The van der Waals surface area contributed by atoms with E-state index in [1.807, 2.05) is 0 Å². The van der Waals surface area contributed by atoms with Gasteiger partial charge >= 0.3 is 12.9 Å². The van der Waals surface area contributed by atoms with Crippen LogP contribution in [0.4, 0.5) is 12.9 Å². The van der Waals surface area contributed by atoms with Gasteiger partial charge in [0.2, 0.25) is 0 Å². The maximum absolute atomic E-state index is 12.2. The zero-order chi connectivity index (χ0) is 10.8. The number of aromatic nitrogens is 1. The van der Waals surface area contributed by atoms with Crippen LogP contribution in [0.5, 0.6) is 0 Å². The average molecular weight is 204 g/mol. The molecule has 1 aromatic rings. The van der Waals surface area contributed by atoms with Crippen LogP contribution >= 0.6 is 0 Å². The van der Waals surface area contributed by atoms with Crippen molar-refractivity contribution >= 4 is 18.5 Å². The van der Waals surface area contributed by atoms with Gasteiger partial charge in [-0.15, -0.1) is 0 Å². The second-order valence-corrected chi connectivity index (χ2v) is 2.51. The molecule has 0 saturated carbocycles. The normalized spacial score (nSPS) is 11.1. The lowest BCUT2D eigenvalue weighted by atomic mass is 9.85. The number of hydrogen-bond donors (Lipinski definition) is 0. The molecule has 0 bridgehead atoms. The summed E-state index contributed by atoms with van der Waals surface area (Å²) in [6.45, 7) is -5.18. The molecule has 0 saturated heterocycles. The van der Waals surface area contributed by atoms with E-state index in [2.05, 4.69) is 9.72 Å². The fraction of sp³-hybridized carbons (Fsp3) is 0.143. The third-order valence-corrected chi connectivity index (χ3v) is 1.50. The summed E-state index contributed by atoms with van der Waals surface area (Å²) in [6.07, 6.45) is 0. The summed E-state index contributed by atoms with van der Waals surface area (Å²) >= 11 is 0. The van der Waals surface area contributed by atoms with Crippen molar-refractivity contribution in [3.8, 4) is 0 Å². The number of hydrogen-bond acceptors (Lipinski definition) is 3. The zero-order valence-corrected chi connectivity index (χ0v) is 7.21. The largest absolute Gasteiger partial charge is 0.527 e. The summed E-state index contributed by atoms with van der Waals surface area (Å²) in [6, 6.07) is 3.09. The van der Waals surface area contributed by atoms with Crippen LogP contribution in [0.15, 0.2) is 18.2 Å². The minimum Gasteiger partial charge on any atom is -0.464 e. The molecule has 0 radical (unpaired) electrons. The summed E-state index contributed by atoms with van der Waals surface area (Å²) in [7, 11) is 1.08. The Morgan fingerprint density at radius 1 is 1.43 bits per heavy atom. The van der Waals surface area contributed by atoms with Gasteiger partial charge in [-0.25, -0.2) is 4.79 Å². The maximum atomic E-state index is 12.2. The van der Waals surface area contributed by atoms with Gasteiger partial charge < -0.3 is 17.7 Å². The highest BCUT2D eigenvalue weighted by atomic mass is 19.4. The van der Waals surface area contributed by atoms with Crippen molar-refractivity contribution in [2.75, 3.05) is 7.11 Å². The molecule has 14 heavy (non-hydrogen) atoms. The number of esters is 1. The molecule has 0 spiro atoms. The summed E-state index contributed by atoms with van der Waals surface area (Å²) in [5.74, 6) is -0.883. The first-order chi connectivity index (χ1) is 6.45. The molecule has 0 aliphatic rings. The summed E-state index contributed by atoms with van der Waals surface area (Å²) in [5.41, 5.74) is -1.39. The monoisotopic (exact) mass is 204 g/mol. The van der Waals surface area contributed by atoms with Gasteiger partial charge in [-0.2, -0.15) is 0 Å². The molecule has 76 valence electrons. The van der Waals surface area contributed by atoms with E-state index in [4.69, 9.17) is 0 Å². The van der Waals surface area contributed by atoms with Gasteiger partial charge in [-0.05, 0) is 11.7 Å². The quantitative estimate of drug-likeness (QED) is 0.531. The second kappa shape index (κ2) is 3.69. The molecule has 1 heterocycles. The Morgan fingerprint density at radius 3 is 2.57 bits per heavy atom. The van der Waals surface area contributed by atoms with Gasteiger partial charge in [0.05, 0.1) is 7.11 Å². The van der Waals surface area contributed by atoms with Gasteiger partial charge in [0.15, 0.2) is 0 Å². The molecule has 0 unspecified atom stereocenters. The Hall–Kier alpha value is -1.53. The van der Waals surface area contributed by atoms with Crippen LogP contribution in [0.3, 0.4) is 0 Å². The molecule has 3 nitrogen and oxygen atoms in total. The van der Waals surface area contributed by atoms with Crippen LogP contribution in [0.1, 0.15) is 10.5 Å². The SMILES string of the molecule is COC(=O)c1cccc([B-](F)(F)F)n1. The number of nitrogens with zero attached hydrogens (tertiary/aromatic N) is 1. The Morgan fingerprint density at radius 2 is 2.07 bits per heavy atom. The van der Waals surface area contributed by atoms with E-state index in [1.165, 1.54) is 0 Å². The van der Waals surface area contributed by atoms with E-state index in [-0.39, 0.29) is 5.69 Å². The van der Waals surface area contributed by atoms with Crippen LogP contribution in [0.2, 0.25) is 0 Å². The summed E-state index contributed by atoms with van der Waals surface area (Å²) in [4.78, 5) is 14.0. The molecule has 1 aromatic heterocycles. The minimum atomic E-state index is -5.18. The summed E-state index contributed by atoms with van der Waals surface area (Å²) in [5, 5.41) is 0. The van der Waals surface area contributed by atoms with Crippen molar-refractivity contribution in [2.24, 2.45) is 0 Å². The van der Waals surface area contributed by atoms with E-state index in [0.717, 1.165) is 25.3 Å². The lowest BCUT2D eigenvalue weighted by molar-refractivity contribution is 0.0594. The molecule has 7 heteroatoms. The lowest BCUT2D eigenvalue weighted by Gasteiger charge is -2.13. The van der Waals surface area contributed by atoms with E-state index in [0.29, 0.717) is 0 Å². The van der Waals surface area contributed by atoms with Crippen molar-refractivity contribution in [3.63, 3.8) is 0 Å². The summed E-state index contributed by atoms with van der Waals surface area (Å²) < 4.78 is 40.8. The predicted molar refractivity (Wildman–Crippen MR) is 44.3 cm³/mol. The zero-order valence-electron chi connectivity index (χ0n) is 7.21. The molecule has 0 aliphatic heterocycles. The highest BCUT2D eigenvalue weighted by molar-refractivity contribution is 6.72. The van der Waals surface area contributed by atoms with Crippen LogP contribution in [-0.2, 0) is 4.74 Å². The smallest absolute Gasteiger partial charge is 0.464 e. The molecule has 0 N–H and O–H groups in total. The Kier molecular flexibility index (Phi) is 2.78. The first-order valence-electron chi connectivity index (χ1n) is 3.70. The van der Waals surface area contributed by atoms with Crippen LogP contribution in [-0.4, -0.2) is 25.0 Å². The number of halogens is 3. The molecular weight excluding hydrogens is 198 g/mol. The third-order valence-electron chi connectivity index (χ3n) is 1.50. The Balaban J connectivity index is 3.08. The topological polar surface area (TPSA) is 39.2 Å². The minimum absolute atomic E-state index is 0.343. The van der Waals surface area contributed by atoms with Crippen LogP contribution in [0, 0.1) is 0 Å². The van der Waals surface area contributed by atoms with E-state index in [9.17, 15) is 17.7 Å². The van der Waals surface area contributed by atoms with Crippen LogP contribution in [0.25, 0.3) is 0 Å². The molecule has 0 aromatic carbocycles. The number of pyridine rings is 1. The molecule has 0 amide bonds. The second-order valence-electron chi connectivity index (χ2n) is 2.51. The predicted octanol–water partition coefficient (Wildman–Crippen LogP) is 0.923. The van der Waals surface area contributed by atoms with Crippen molar-refractivity contribution in [2.45, 2.75) is 0 Å². The van der Waals surface area contributed by atoms with E-state index in [1.54, 1.807) is 0 Å². The van der Waals surface area contributed by atoms with Crippen molar-refractivity contribution < 1.29 is 22.5 Å². The molecular formula is C7H6BF3NO2-. The van der Waals surface area contributed by atoms with Crippen molar-refractivity contribution in [1.82, 2.24) is 4.98 Å². The fourth-order valence-electron chi connectivity index (χ4n) is 0.852. The van der Waals surface area contributed by atoms with Gasteiger partial charge in [0.1, 0.15) is 5.69 Å². The van der Waals surface area contributed by atoms with E-state index < -0.39 is 18.5 Å². The average Bonchev–Trinajstić information content (AvgIpc) is 2.15. The molecule has 0 atom stereocenters. The Bertz CT molecular complexity index is 353. The van der Waals surface area contributed by atoms with Crippen LogP contribution < -0.4 is 5.59 Å². The molecule has 0 aliphatic carbocycles. The highest BCUT2D eigenvalue weighted by Gasteiger charge is 2.28. The van der Waals surface area contributed by atoms with Gasteiger partial charge in [0, 0.05) is 0 Å². The maximum Gasteiger partial charge on any atom is 0.527 e. The van der Waals surface area contributed by atoms with Crippen molar-refractivity contribution in [1.29, 1.82) is 0 Å². The molecule has 1 rings (SSSR count). The lowest BCUT2D eigenvalue weighted by Crippen LogP contribution is -2.37. The van der Waals surface area contributed by atoms with Crippen molar-refractivity contribution in [3.05, 3.63) is 23.9 Å². The molecule has 0 fully saturated rings. The first kappa shape index (κ1) is 10.6. The third kappa shape index (κ3) is 2.24. The van der Waals surface area contributed by atoms with Gasteiger partial charge in [-0.3, -0.25) is 4.98 Å². The number of ether oxygens (including phenoxy) is 1. The number of carbonyl (C=O) groups excluding carboxylic acids is 1. The number of rotatable bonds is 2. The standard InChI is InChI=1S/C7H6BF3NO2/c1-14-7(13)5-3-2-4-6(12-5)8(9,10)11/h2-4H,1H3/q-1. The number of carbonyl (C=O) groups is 1. The first-order valence-corrected chi connectivity index (χ1v) is 3.70. The number of methoxy groups -OCH3 is 1. The van der Waals surface area contributed by atoms with Gasteiger partial charge in [0.25, 0.3) is 0 Å².